The average Bonchev–Trinajstić information content (AvgIpc) is 2.94. The second kappa shape index (κ2) is 9.03. The van der Waals surface area contributed by atoms with Gasteiger partial charge in [0.05, 0.1) is 23.6 Å². The number of halogens is 1. The van der Waals surface area contributed by atoms with Crippen LogP contribution in [0.25, 0.3) is 0 Å². The van der Waals surface area contributed by atoms with Gasteiger partial charge in [-0.3, -0.25) is 14.5 Å². The Morgan fingerprint density at radius 3 is 2.39 bits per heavy atom. The molecule has 0 spiro atoms. The van der Waals surface area contributed by atoms with E-state index in [1.165, 1.54) is 12.1 Å². The molecule has 1 aliphatic rings. The minimum Gasteiger partial charge on any atom is -0.463 e. The largest absolute Gasteiger partial charge is 0.463 e. The predicted octanol–water partition coefficient (Wildman–Crippen LogP) is 2.85. The van der Waals surface area contributed by atoms with Gasteiger partial charge in [-0.15, -0.1) is 0 Å². The van der Waals surface area contributed by atoms with Crippen LogP contribution in [-0.4, -0.2) is 43.0 Å². The maximum Gasteiger partial charge on any atom is 0.331 e. The number of imide groups is 1. The summed E-state index contributed by atoms with van der Waals surface area (Å²) in [5.41, 5.74) is 0.848. The van der Waals surface area contributed by atoms with Crippen LogP contribution in [0.4, 0.5) is 0 Å². The van der Waals surface area contributed by atoms with E-state index in [0.29, 0.717) is 10.6 Å². The minimum absolute atomic E-state index is 0.0312. The van der Waals surface area contributed by atoms with Gasteiger partial charge in [0.2, 0.25) is 0 Å². The molecule has 1 atom stereocenters. The number of hydrogen-bond acceptors (Lipinski definition) is 6. The zero-order chi connectivity index (χ0) is 22.8. The van der Waals surface area contributed by atoms with Crippen LogP contribution >= 0.6 is 11.6 Å². The summed E-state index contributed by atoms with van der Waals surface area (Å²) in [6.07, 6.45) is 0.784. The number of esters is 1. The third kappa shape index (κ3) is 4.55. The van der Waals surface area contributed by atoms with Crippen LogP contribution < -0.4 is 0 Å². The second-order valence-electron chi connectivity index (χ2n) is 6.91. The second-order valence-corrected chi connectivity index (χ2v) is 9.35. The van der Waals surface area contributed by atoms with E-state index >= 15 is 0 Å². The van der Waals surface area contributed by atoms with Gasteiger partial charge < -0.3 is 4.74 Å². The fourth-order valence-electron chi connectivity index (χ4n) is 3.20. The summed E-state index contributed by atoms with van der Waals surface area (Å²) in [6, 6.07) is 12.5. The van der Waals surface area contributed by atoms with Crippen LogP contribution in [-0.2, 0) is 35.5 Å². The van der Waals surface area contributed by atoms with Crippen molar-refractivity contribution in [1.82, 2.24) is 4.90 Å². The molecule has 2 amide bonds. The van der Waals surface area contributed by atoms with Gasteiger partial charge in [-0.05, 0) is 37.6 Å². The number of ether oxygens (including phenoxy) is 1. The van der Waals surface area contributed by atoms with E-state index in [1.54, 1.807) is 50.2 Å². The molecule has 0 radical (unpaired) electrons. The lowest BCUT2D eigenvalue weighted by Gasteiger charge is -2.15. The van der Waals surface area contributed by atoms with E-state index in [-0.39, 0.29) is 18.0 Å². The summed E-state index contributed by atoms with van der Waals surface area (Å²) < 4.78 is 31.4. The van der Waals surface area contributed by atoms with Crippen LogP contribution in [0, 0.1) is 6.92 Å². The van der Waals surface area contributed by atoms with E-state index in [0.717, 1.165) is 16.5 Å². The van der Waals surface area contributed by atoms with E-state index in [9.17, 15) is 22.8 Å². The van der Waals surface area contributed by atoms with Crippen molar-refractivity contribution in [3.05, 3.63) is 76.3 Å². The summed E-state index contributed by atoms with van der Waals surface area (Å²) in [6.45, 7) is 3.17. The first-order valence-corrected chi connectivity index (χ1v) is 11.4. The lowest BCUT2D eigenvalue weighted by Crippen LogP contribution is -2.35. The molecule has 31 heavy (non-hydrogen) atoms. The minimum atomic E-state index is -4.30. The Hall–Kier alpha value is -2.97. The molecule has 162 valence electrons. The van der Waals surface area contributed by atoms with E-state index in [4.69, 9.17) is 16.3 Å². The van der Waals surface area contributed by atoms with Crippen LogP contribution in [0.1, 0.15) is 18.1 Å². The molecule has 1 saturated heterocycles. The molecule has 2 aromatic rings. The van der Waals surface area contributed by atoms with Gasteiger partial charge in [-0.25, -0.2) is 13.2 Å². The van der Waals surface area contributed by atoms with Gasteiger partial charge in [0.25, 0.3) is 11.8 Å². The molecule has 0 aromatic heterocycles. The highest BCUT2D eigenvalue weighted by atomic mass is 35.5. The van der Waals surface area contributed by atoms with Gasteiger partial charge >= 0.3 is 5.97 Å². The van der Waals surface area contributed by atoms with Crippen molar-refractivity contribution in [1.29, 1.82) is 0 Å². The molecule has 0 aliphatic carbocycles. The normalized spacial score (nSPS) is 18.0. The first-order valence-electron chi connectivity index (χ1n) is 9.44. The molecule has 0 saturated carbocycles. The summed E-state index contributed by atoms with van der Waals surface area (Å²) in [4.78, 5) is 38.9. The van der Waals surface area contributed by atoms with Gasteiger partial charge in [-0.1, -0.05) is 47.5 Å². The number of carbonyl (C=O) groups is 3. The molecule has 2 aromatic carbocycles. The number of hydrogen-bond donors (Lipinski definition) is 0. The Morgan fingerprint density at radius 1 is 1.13 bits per heavy atom. The summed E-state index contributed by atoms with van der Waals surface area (Å²) in [5, 5.41) is -1.53. The first kappa shape index (κ1) is 22.7. The zero-order valence-electron chi connectivity index (χ0n) is 16.9. The van der Waals surface area contributed by atoms with Crippen molar-refractivity contribution in [2.45, 2.75) is 30.5 Å². The third-order valence-electron chi connectivity index (χ3n) is 4.77. The lowest BCUT2D eigenvalue weighted by molar-refractivity contribution is -0.139. The summed E-state index contributed by atoms with van der Waals surface area (Å²) in [5.74, 6) is -2.72. The number of likely N-dealkylation sites (tertiary alicyclic amines) is 1. The van der Waals surface area contributed by atoms with Crippen LogP contribution in [0.2, 0.25) is 5.02 Å². The Morgan fingerprint density at radius 2 is 1.77 bits per heavy atom. The highest BCUT2D eigenvalue weighted by Gasteiger charge is 2.51. The van der Waals surface area contributed by atoms with E-state index in [2.05, 4.69) is 0 Å². The smallest absolute Gasteiger partial charge is 0.331 e. The molecule has 3 rings (SSSR count). The van der Waals surface area contributed by atoms with Gasteiger partial charge in [-0.2, -0.15) is 0 Å². The number of amides is 2. The molecule has 0 N–H and O–H groups in total. The highest BCUT2D eigenvalue weighted by molar-refractivity contribution is 7.93. The van der Waals surface area contributed by atoms with E-state index in [1.807, 2.05) is 0 Å². The van der Waals surface area contributed by atoms with Crippen LogP contribution in [0.5, 0.6) is 0 Å². The number of aryl methyl sites for hydroxylation is 1. The quantitative estimate of drug-likeness (QED) is 0.372. The summed E-state index contributed by atoms with van der Waals surface area (Å²) in [7, 11) is -4.30. The lowest BCUT2D eigenvalue weighted by atomic mass is 10.2. The first-order chi connectivity index (χ1) is 14.7. The molecule has 1 unspecified atom stereocenters. The fourth-order valence-corrected chi connectivity index (χ4v) is 5.08. The zero-order valence-corrected chi connectivity index (χ0v) is 18.4. The van der Waals surface area contributed by atoms with Crippen molar-refractivity contribution in [3.63, 3.8) is 0 Å². The molecule has 9 heteroatoms. The van der Waals surface area contributed by atoms with Gasteiger partial charge in [0.15, 0.2) is 15.1 Å². The Kier molecular flexibility index (Phi) is 6.62. The third-order valence-corrected chi connectivity index (χ3v) is 7.15. The molecule has 1 fully saturated rings. The van der Waals surface area contributed by atoms with Gasteiger partial charge in [0.1, 0.15) is 0 Å². The Labute approximate surface area is 185 Å². The Bertz CT molecular complexity index is 1170. The van der Waals surface area contributed by atoms with Gasteiger partial charge in [0, 0.05) is 11.1 Å². The fraction of sp³-hybridized carbons (Fsp3) is 0.227. The Balaban J connectivity index is 2.08. The maximum atomic E-state index is 13.3. The number of benzene rings is 2. The van der Waals surface area contributed by atoms with E-state index < -0.39 is 38.4 Å². The average molecular weight is 462 g/mol. The van der Waals surface area contributed by atoms with Crippen molar-refractivity contribution >= 4 is 39.2 Å². The molecular formula is C22H20ClNO6S. The summed E-state index contributed by atoms with van der Waals surface area (Å²) >= 11 is 6.14. The molecule has 1 heterocycles. The number of sulfone groups is 1. The SMILES string of the molecule is CCOC(=O)/C=C1/C(=O)N(Cc2ccccc2Cl)C(=O)C1S(=O)(=O)c1ccc(C)cc1. The number of nitrogens with zero attached hydrogens (tertiary/aromatic N) is 1. The topological polar surface area (TPSA) is 97.8 Å². The highest BCUT2D eigenvalue weighted by Crippen LogP contribution is 2.32. The van der Waals surface area contributed by atoms with Crippen molar-refractivity contribution in [3.8, 4) is 0 Å². The molecular weight excluding hydrogens is 442 g/mol. The predicted molar refractivity (Wildman–Crippen MR) is 114 cm³/mol. The van der Waals surface area contributed by atoms with Crippen molar-refractivity contribution in [2.75, 3.05) is 6.61 Å². The number of carbonyl (C=O) groups excluding carboxylic acids is 3. The monoisotopic (exact) mass is 461 g/mol. The van der Waals surface area contributed by atoms with Crippen LogP contribution in [0.3, 0.4) is 0 Å². The number of rotatable bonds is 6. The maximum absolute atomic E-state index is 13.3. The molecule has 1 aliphatic heterocycles. The van der Waals surface area contributed by atoms with Crippen LogP contribution in [0.15, 0.2) is 65.1 Å². The molecule has 0 bridgehead atoms. The van der Waals surface area contributed by atoms with Crippen molar-refractivity contribution < 1.29 is 27.5 Å². The van der Waals surface area contributed by atoms with Crippen molar-refractivity contribution in [2.24, 2.45) is 0 Å². The standard InChI is InChI=1S/C22H20ClNO6S/c1-3-30-19(25)12-17-20(31(28,29)16-10-8-14(2)9-11-16)22(27)24(21(17)26)13-15-6-4-5-7-18(15)23/h4-12,20H,3,13H2,1-2H3/b17-12+. The molecule has 7 nitrogen and oxygen atoms in total.